The lowest BCUT2D eigenvalue weighted by molar-refractivity contribution is -0.384. The first kappa shape index (κ1) is 12.2. The van der Waals surface area contributed by atoms with Crippen molar-refractivity contribution in [2.75, 3.05) is 5.73 Å². The average Bonchev–Trinajstić information content (AvgIpc) is 2.73. The maximum absolute atomic E-state index is 10.6. The largest absolute Gasteiger partial charge is 0.486 e. The second-order valence-corrected chi connectivity index (χ2v) is 4.62. The number of nitro groups is 1. The number of ether oxygens (including phenoxy) is 1. The summed E-state index contributed by atoms with van der Waals surface area (Å²) >= 11 is 1.24. The molecule has 0 atom stereocenters. The molecule has 0 spiro atoms. The fourth-order valence-corrected chi connectivity index (χ4v) is 1.90. The first-order chi connectivity index (χ1) is 8.56. The molecule has 0 fully saturated rings. The minimum absolute atomic E-state index is 0.0417. The number of aromatic nitrogens is 2. The molecule has 2 aromatic rings. The minimum atomic E-state index is -0.442. The Morgan fingerprint density at radius 3 is 2.83 bits per heavy atom. The van der Waals surface area contributed by atoms with Gasteiger partial charge in [0.15, 0.2) is 5.01 Å². The zero-order chi connectivity index (χ0) is 13.1. The standard InChI is InChI=1S/C10H10N4O3S/c1-6-4-7(14(15)16)2-3-8(6)17-5-9-12-13-10(11)18-9/h2-4H,5H2,1H3,(H2,11,13). The fourth-order valence-electron chi connectivity index (χ4n) is 1.37. The molecule has 0 saturated carbocycles. The SMILES string of the molecule is Cc1cc([N+](=O)[O-])ccc1OCc1nnc(N)s1. The van der Waals surface area contributed by atoms with Gasteiger partial charge in [-0.3, -0.25) is 10.1 Å². The van der Waals surface area contributed by atoms with Crippen LogP contribution in [0.1, 0.15) is 10.6 Å². The van der Waals surface area contributed by atoms with Gasteiger partial charge < -0.3 is 10.5 Å². The number of benzene rings is 1. The van der Waals surface area contributed by atoms with Gasteiger partial charge in [0.2, 0.25) is 5.13 Å². The first-order valence-electron chi connectivity index (χ1n) is 5.02. The Labute approximate surface area is 106 Å². The summed E-state index contributed by atoms with van der Waals surface area (Å²) in [4.78, 5) is 10.1. The second-order valence-electron chi connectivity index (χ2n) is 3.53. The van der Waals surface area contributed by atoms with Gasteiger partial charge in [-0.15, -0.1) is 10.2 Å². The number of aryl methyl sites for hydroxylation is 1. The van der Waals surface area contributed by atoms with E-state index in [-0.39, 0.29) is 12.3 Å². The van der Waals surface area contributed by atoms with Crippen LogP contribution in [0.25, 0.3) is 0 Å². The smallest absolute Gasteiger partial charge is 0.269 e. The van der Waals surface area contributed by atoms with Crippen LogP contribution in [0, 0.1) is 17.0 Å². The number of rotatable bonds is 4. The number of hydrogen-bond donors (Lipinski definition) is 1. The zero-order valence-corrected chi connectivity index (χ0v) is 10.3. The van der Waals surface area contributed by atoms with E-state index in [0.29, 0.717) is 21.5 Å². The number of nitrogen functional groups attached to an aromatic ring is 1. The quantitative estimate of drug-likeness (QED) is 0.669. The lowest BCUT2D eigenvalue weighted by Gasteiger charge is -2.06. The molecule has 0 aliphatic heterocycles. The molecule has 0 radical (unpaired) electrons. The maximum atomic E-state index is 10.6. The first-order valence-corrected chi connectivity index (χ1v) is 5.83. The molecule has 0 aliphatic carbocycles. The van der Waals surface area contributed by atoms with E-state index in [1.165, 1.54) is 23.5 Å². The van der Waals surface area contributed by atoms with E-state index < -0.39 is 4.92 Å². The van der Waals surface area contributed by atoms with Gasteiger partial charge in [0.25, 0.3) is 5.69 Å². The molecule has 2 rings (SSSR count). The predicted molar refractivity (Wildman–Crippen MR) is 66.5 cm³/mol. The van der Waals surface area contributed by atoms with Gasteiger partial charge >= 0.3 is 0 Å². The Balaban J connectivity index is 2.08. The predicted octanol–water partition coefficient (Wildman–Crippen LogP) is 1.92. The Hall–Kier alpha value is -2.22. The van der Waals surface area contributed by atoms with E-state index in [4.69, 9.17) is 10.5 Å². The summed E-state index contributed by atoms with van der Waals surface area (Å²) in [5.41, 5.74) is 6.18. The monoisotopic (exact) mass is 266 g/mol. The molecular formula is C10H10N4O3S. The fraction of sp³-hybridized carbons (Fsp3) is 0.200. The van der Waals surface area contributed by atoms with Crippen LogP contribution in [0.4, 0.5) is 10.8 Å². The third-order valence-electron chi connectivity index (χ3n) is 2.20. The molecule has 0 aliphatic rings. The molecule has 7 nitrogen and oxygen atoms in total. The van der Waals surface area contributed by atoms with Crippen LogP contribution in [0.3, 0.4) is 0 Å². The topological polar surface area (TPSA) is 104 Å². The van der Waals surface area contributed by atoms with Gasteiger partial charge in [-0.2, -0.15) is 0 Å². The summed E-state index contributed by atoms with van der Waals surface area (Å²) in [6.07, 6.45) is 0. The molecule has 18 heavy (non-hydrogen) atoms. The van der Waals surface area contributed by atoms with Crippen LogP contribution in [0.2, 0.25) is 0 Å². The molecule has 1 aromatic heterocycles. The summed E-state index contributed by atoms with van der Waals surface area (Å²) in [5, 5.41) is 19.1. The number of non-ortho nitro benzene ring substituents is 1. The van der Waals surface area contributed by atoms with Crippen molar-refractivity contribution in [1.29, 1.82) is 0 Å². The van der Waals surface area contributed by atoms with Gasteiger partial charge in [-0.05, 0) is 18.6 Å². The van der Waals surface area contributed by atoms with Crippen molar-refractivity contribution in [2.24, 2.45) is 0 Å². The van der Waals surface area contributed by atoms with E-state index >= 15 is 0 Å². The highest BCUT2D eigenvalue weighted by molar-refractivity contribution is 7.15. The van der Waals surface area contributed by atoms with Crippen LogP contribution in [-0.4, -0.2) is 15.1 Å². The summed E-state index contributed by atoms with van der Waals surface area (Å²) in [7, 11) is 0. The highest BCUT2D eigenvalue weighted by Gasteiger charge is 2.09. The molecule has 0 bridgehead atoms. The van der Waals surface area contributed by atoms with Crippen LogP contribution < -0.4 is 10.5 Å². The third-order valence-corrected chi connectivity index (χ3v) is 2.93. The normalized spacial score (nSPS) is 10.3. The van der Waals surface area contributed by atoms with Crippen LogP contribution >= 0.6 is 11.3 Å². The zero-order valence-electron chi connectivity index (χ0n) is 9.49. The number of nitro benzene ring substituents is 1. The number of anilines is 1. The highest BCUT2D eigenvalue weighted by atomic mass is 32.1. The molecule has 2 N–H and O–H groups in total. The molecule has 1 aromatic carbocycles. The van der Waals surface area contributed by atoms with Crippen molar-refractivity contribution >= 4 is 22.2 Å². The van der Waals surface area contributed by atoms with Crippen molar-refractivity contribution in [3.05, 3.63) is 38.9 Å². The number of nitrogens with zero attached hydrogens (tertiary/aromatic N) is 3. The van der Waals surface area contributed by atoms with Crippen LogP contribution in [0.5, 0.6) is 5.75 Å². The van der Waals surface area contributed by atoms with Gasteiger partial charge in [-0.25, -0.2) is 0 Å². The summed E-state index contributed by atoms with van der Waals surface area (Å²) in [6.45, 7) is 1.99. The highest BCUT2D eigenvalue weighted by Crippen LogP contribution is 2.24. The Bertz CT molecular complexity index is 584. The van der Waals surface area contributed by atoms with E-state index in [1.807, 2.05) is 0 Å². The van der Waals surface area contributed by atoms with Crippen molar-refractivity contribution in [2.45, 2.75) is 13.5 Å². The van der Waals surface area contributed by atoms with E-state index in [1.54, 1.807) is 13.0 Å². The van der Waals surface area contributed by atoms with Gasteiger partial charge in [0.05, 0.1) is 4.92 Å². The molecule has 1 heterocycles. The molecular weight excluding hydrogens is 256 g/mol. The Morgan fingerprint density at radius 1 is 1.50 bits per heavy atom. The molecule has 0 saturated heterocycles. The minimum Gasteiger partial charge on any atom is -0.486 e. The maximum Gasteiger partial charge on any atom is 0.269 e. The lowest BCUT2D eigenvalue weighted by atomic mass is 10.2. The molecule has 8 heteroatoms. The van der Waals surface area contributed by atoms with E-state index in [9.17, 15) is 10.1 Å². The van der Waals surface area contributed by atoms with Crippen LogP contribution in [0.15, 0.2) is 18.2 Å². The number of nitrogens with two attached hydrogens (primary N) is 1. The van der Waals surface area contributed by atoms with Crippen LogP contribution in [-0.2, 0) is 6.61 Å². The average molecular weight is 266 g/mol. The van der Waals surface area contributed by atoms with E-state index in [2.05, 4.69) is 10.2 Å². The number of hydrogen-bond acceptors (Lipinski definition) is 7. The van der Waals surface area contributed by atoms with Crippen molar-refractivity contribution in [1.82, 2.24) is 10.2 Å². The van der Waals surface area contributed by atoms with Crippen molar-refractivity contribution in [3.8, 4) is 5.75 Å². The summed E-state index contributed by atoms with van der Waals surface area (Å²) < 4.78 is 5.50. The molecule has 0 amide bonds. The molecule has 94 valence electrons. The summed E-state index contributed by atoms with van der Waals surface area (Å²) in [5.74, 6) is 0.578. The van der Waals surface area contributed by atoms with E-state index in [0.717, 1.165) is 0 Å². The third kappa shape index (κ3) is 2.72. The summed E-state index contributed by atoms with van der Waals surface area (Å²) in [6, 6.07) is 4.43. The van der Waals surface area contributed by atoms with Crippen molar-refractivity contribution < 1.29 is 9.66 Å². The molecule has 0 unspecified atom stereocenters. The van der Waals surface area contributed by atoms with Gasteiger partial charge in [0.1, 0.15) is 12.4 Å². The lowest BCUT2D eigenvalue weighted by Crippen LogP contribution is -1.97. The second kappa shape index (κ2) is 4.96. The van der Waals surface area contributed by atoms with Gasteiger partial charge in [-0.1, -0.05) is 11.3 Å². The Morgan fingerprint density at radius 2 is 2.28 bits per heavy atom. The van der Waals surface area contributed by atoms with Gasteiger partial charge in [0, 0.05) is 12.1 Å². The van der Waals surface area contributed by atoms with Crippen molar-refractivity contribution in [3.63, 3.8) is 0 Å². The Kier molecular flexibility index (Phi) is 3.38.